The van der Waals surface area contributed by atoms with Crippen LogP contribution < -0.4 is 15.5 Å². The Morgan fingerprint density at radius 2 is 1.94 bits per heavy atom. The highest BCUT2D eigenvalue weighted by molar-refractivity contribution is 7.89. The number of aliphatic hydroxyl groups is 1. The molecular formula is C20H19ClFN3O5S. The number of carbonyl (C=O) groups is 1. The molecule has 0 aliphatic carbocycles. The number of rotatable bonds is 7. The quantitative estimate of drug-likeness (QED) is 0.422. The molecule has 3 aromatic rings. The largest absolute Gasteiger partial charge is 0.392 e. The Labute approximate surface area is 182 Å². The second-order valence-electron chi connectivity index (χ2n) is 6.87. The van der Waals surface area contributed by atoms with Gasteiger partial charge < -0.3 is 15.4 Å². The number of amides is 1. The van der Waals surface area contributed by atoms with Crippen molar-refractivity contribution in [1.29, 1.82) is 0 Å². The molecule has 11 heteroatoms. The van der Waals surface area contributed by atoms with Crippen LogP contribution in [0.4, 0.5) is 4.39 Å². The zero-order chi connectivity index (χ0) is 22.8. The maximum atomic E-state index is 14.1. The van der Waals surface area contributed by atoms with Gasteiger partial charge in [-0.05, 0) is 36.8 Å². The second-order valence-corrected chi connectivity index (χ2v) is 9.04. The van der Waals surface area contributed by atoms with Crippen molar-refractivity contribution in [2.45, 2.75) is 24.5 Å². The molecule has 0 saturated heterocycles. The number of hydrogen-bond acceptors (Lipinski definition) is 5. The van der Waals surface area contributed by atoms with E-state index in [4.69, 9.17) is 11.6 Å². The minimum atomic E-state index is -4.24. The average molecular weight is 468 g/mol. The lowest BCUT2D eigenvalue weighted by atomic mass is 10.1. The van der Waals surface area contributed by atoms with Gasteiger partial charge in [0.25, 0.3) is 5.91 Å². The highest BCUT2D eigenvalue weighted by Gasteiger charge is 2.23. The van der Waals surface area contributed by atoms with Crippen molar-refractivity contribution in [3.63, 3.8) is 0 Å². The van der Waals surface area contributed by atoms with E-state index in [1.54, 1.807) is 24.3 Å². The van der Waals surface area contributed by atoms with E-state index in [2.05, 4.69) is 15.0 Å². The van der Waals surface area contributed by atoms with E-state index in [0.29, 0.717) is 5.02 Å². The smallest absolute Gasteiger partial charge is 0.257 e. The van der Waals surface area contributed by atoms with E-state index in [-0.39, 0.29) is 29.6 Å². The maximum Gasteiger partial charge on any atom is 0.257 e. The Balaban J connectivity index is 1.95. The number of aromatic nitrogens is 1. The molecule has 2 aromatic carbocycles. The number of pyridine rings is 1. The summed E-state index contributed by atoms with van der Waals surface area (Å²) in [5, 5.41) is 12.1. The normalized spacial score (nSPS) is 12.6. The summed E-state index contributed by atoms with van der Waals surface area (Å²) in [6.07, 6.45) is 0.109. The lowest BCUT2D eigenvalue weighted by molar-refractivity contribution is 0.0949. The summed E-state index contributed by atoms with van der Waals surface area (Å²) in [5.74, 6) is -1.67. The van der Waals surface area contributed by atoms with Gasteiger partial charge in [-0.3, -0.25) is 9.59 Å². The summed E-state index contributed by atoms with van der Waals surface area (Å²) in [7, 11) is -4.24. The molecule has 8 nitrogen and oxygen atoms in total. The first-order chi connectivity index (χ1) is 14.6. The number of carbonyl (C=O) groups excluding carboxylic acids is 1. The van der Waals surface area contributed by atoms with E-state index in [1.807, 2.05) is 0 Å². The van der Waals surface area contributed by atoms with Crippen LogP contribution in [0.25, 0.3) is 10.9 Å². The fourth-order valence-electron chi connectivity index (χ4n) is 2.83. The first-order valence-corrected chi connectivity index (χ1v) is 11.0. The maximum absolute atomic E-state index is 14.1. The summed E-state index contributed by atoms with van der Waals surface area (Å²) in [6, 6.07) is 8.34. The molecule has 0 spiro atoms. The number of benzene rings is 2. The number of fused-ring (bicyclic) bond motifs is 1. The van der Waals surface area contributed by atoms with Crippen molar-refractivity contribution in [2.24, 2.45) is 0 Å². The van der Waals surface area contributed by atoms with Crippen LogP contribution in [0, 0.1) is 5.82 Å². The highest BCUT2D eigenvalue weighted by atomic mass is 35.5. The molecule has 0 aliphatic rings. The molecule has 0 bridgehead atoms. The fourth-order valence-corrected chi connectivity index (χ4v) is 4.28. The molecule has 1 aromatic heterocycles. The number of halogens is 2. The Kier molecular flexibility index (Phi) is 6.75. The lowest BCUT2D eigenvalue weighted by Crippen LogP contribution is -2.31. The first-order valence-electron chi connectivity index (χ1n) is 9.14. The summed E-state index contributed by atoms with van der Waals surface area (Å²) in [4.78, 5) is 27.4. The third-order valence-corrected chi connectivity index (χ3v) is 6.09. The van der Waals surface area contributed by atoms with Crippen LogP contribution in [-0.2, 0) is 16.6 Å². The van der Waals surface area contributed by atoms with Gasteiger partial charge in [0.2, 0.25) is 15.5 Å². The molecular weight excluding hydrogens is 449 g/mol. The SMILES string of the molecule is CC(O)CNS(=O)(=O)c1cc(F)cc2c(=O)c(C(=O)NCc3ccc(Cl)cc3)c[nH]c12. The lowest BCUT2D eigenvalue weighted by Gasteiger charge is -2.12. The van der Waals surface area contributed by atoms with Crippen LogP contribution in [0.1, 0.15) is 22.8 Å². The molecule has 1 unspecified atom stereocenters. The number of sulfonamides is 1. The first kappa shape index (κ1) is 22.9. The third-order valence-electron chi connectivity index (χ3n) is 4.39. The van der Waals surface area contributed by atoms with Gasteiger partial charge in [0, 0.05) is 24.3 Å². The molecule has 0 saturated carbocycles. The van der Waals surface area contributed by atoms with Crippen molar-refractivity contribution in [1.82, 2.24) is 15.0 Å². The zero-order valence-electron chi connectivity index (χ0n) is 16.3. The molecule has 164 valence electrons. The van der Waals surface area contributed by atoms with Gasteiger partial charge in [-0.15, -0.1) is 0 Å². The van der Waals surface area contributed by atoms with Crippen LogP contribution in [0.3, 0.4) is 0 Å². The number of aliphatic hydroxyl groups excluding tert-OH is 1. The van der Waals surface area contributed by atoms with Crippen molar-refractivity contribution in [2.75, 3.05) is 6.54 Å². The van der Waals surface area contributed by atoms with Crippen molar-refractivity contribution >= 4 is 38.4 Å². The predicted octanol–water partition coefficient (Wildman–Crippen LogP) is 1.91. The predicted molar refractivity (Wildman–Crippen MR) is 114 cm³/mol. The Morgan fingerprint density at radius 1 is 1.26 bits per heavy atom. The molecule has 3 rings (SSSR count). The zero-order valence-corrected chi connectivity index (χ0v) is 17.8. The van der Waals surface area contributed by atoms with Gasteiger partial charge in [0.1, 0.15) is 16.3 Å². The summed E-state index contributed by atoms with van der Waals surface area (Å²) >= 11 is 5.82. The number of aromatic amines is 1. The van der Waals surface area contributed by atoms with Gasteiger partial charge in [-0.1, -0.05) is 23.7 Å². The number of H-pyrrole nitrogens is 1. The minimum absolute atomic E-state index is 0.125. The van der Waals surface area contributed by atoms with E-state index in [9.17, 15) is 27.5 Å². The van der Waals surface area contributed by atoms with Crippen molar-refractivity contribution < 1.29 is 22.7 Å². The molecule has 0 fully saturated rings. The molecule has 1 amide bonds. The second kappa shape index (κ2) is 9.15. The van der Waals surface area contributed by atoms with Gasteiger partial charge in [-0.25, -0.2) is 17.5 Å². The molecule has 31 heavy (non-hydrogen) atoms. The fraction of sp³-hybridized carbons (Fsp3) is 0.200. The summed E-state index contributed by atoms with van der Waals surface area (Å²) in [5.41, 5.74) is -0.529. The van der Waals surface area contributed by atoms with Crippen LogP contribution in [0.2, 0.25) is 5.02 Å². The van der Waals surface area contributed by atoms with Crippen molar-refractivity contribution in [3.05, 3.63) is 74.8 Å². The van der Waals surface area contributed by atoms with Crippen LogP contribution in [0.15, 0.2) is 52.3 Å². The number of hydrogen-bond donors (Lipinski definition) is 4. The van der Waals surface area contributed by atoms with Gasteiger partial charge in [0.05, 0.1) is 17.0 Å². The van der Waals surface area contributed by atoms with Gasteiger partial charge >= 0.3 is 0 Å². The van der Waals surface area contributed by atoms with Crippen LogP contribution >= 0.6 is 11.6 Å². The van der Waals surface area contributed by atoms with Crippen LogP contribution in [-0.4, -0.2) is 37.1 Å². The Bertz CT molecular complexity index is 1290. The topological polar surface area (TPSA) is 128 Å². The van der Waals surface area contributed by atoms with Crippen LogP contribution in [0.5, 0.6) is 0 Å². The van der Waals surface area contributed by atoms with E-state index >= 15 is 0 Å². The summed E-state index contributed by atoms with van der Waals surface area (Å²) in [6.45, 7) is 1.21. The molecule has 0 aliphatic heterocycles. The molecule has 0 radical (unpaired) electrons. The Hall–Kier alpha value is -2.79. The minimum Gasteiger partial charge on any atom is -0.392 e. The van der Waals surface area contributed by atoms with E-state index < -0.39 is 38.2 Å². The average Bonchev–Trinajstić information content (AvgIpc) is 2.72. The monoisotopic (exact) mass is 467 g/mol. The van der Waals surface area contributed by atoms with Crippen molar-refractivity contribution in [3.8, 4) is 0 Å². The summed E-state index contributed by atoms with van der Waals surface area (Å²) < 4.78 is 41.3. The Morgan fingerprint density at radius 3 is 2.58 bits per heavy atom. The van der Waals surface area contributed by atoms with E-state index in [1.165, 1.54) is 6.92 Å². The number of nitrogens with one attached hydrogen (secondary N) is 3. The molecule has 1 heterocycles. The highest BCUT2D eigenvalue weighted by Crippen LogP contribution is 2.21. The van der Waals surface area contributed by atoms with Gasteiger partial charge in [-0.2, -0.15) is 0 Å². The third kappa shape index (κ3) is 5.28. The van der Waals surface area contributed by atoms with Gasteiger partial charge in [0.15, 0.2) is 0 Å². The molecule has 1 atom stereocenters. The standard InChI is InChI=1S/C20H19ClFN3O5S/c1-11(26)8-25-31(29,30)17-7-14(22)6-15-18(17)23-10-16(19(15)27)20(28)24-9-12-2-4-13(21)5-3-12/h2-7,10-11,25-26H,8-9H2,1H3,(H,23,27)(H,24,28). The van der Waals surface area contributed by atoms with E-state index in [0.717, 1.165) is 23.9 Å². The molecule has 4 N–H and O–H groups in total.